The minimum absolute atomic E-state index is 0.0503. The van der Waals surface area contributed by atoms with Crippen LogP contribution in [0.25, 0.3) is 0 Å². The van der Waals surface area contributed by atoms with Crippen LogP contribution in [0.1, 0.15) is 24.2 Å². The third-order valence-electron chi connectivity index (χ3n) is 4.21. The summed E-state index contributed by atoms with van der Waals surface area (Å²) in [4.78, 5) is 10.3. The van der Waals surface area contributed by atoms with Crippen LogP contribution >= 0.6 is 0 Å². The zero-order valence-electron chi connectivity index (χ0n) is 14.1. The molecule has 0 saturated heterocycles. The molecule has 3 atom stereocenters. The van der Waals surface area contributed by atoms with Gasteiger partial charge in [0, 0.05) is 18.1 Å². The molecule has 0 amide bonds. The van der Waals surface area contributed by atoms with Gasteiger partial charge in [0.05, 0.1) is 15.9 Å². The number of hydrogen-bond donors (Lipinski definition) is 1. The van der Waals surface area contributed by atoms with Crippen LogP contribution in [0.2, 0.25) is 0 Å². The minimum Gasteiger partial charge on any atom is -0.390 e. The number of nitro benzene ring substituents is 1. The quantitative estimate of drug-likeness (QED) is 0.457. The Morgan fingerprint density at radius 2 is 1.73 bits per heavy atom. The molecule has 0 bridgehead atoms. The second-order valence-electron chi connectivity index (χ2n) is 5.80. The molecule has 0 saturated carbocycles. The lowest BCUT2D eigenvalue weighted by molar-refractivity contribution is -0.384. The molecule has 2 aromatic carbocycles. The second kappa shape index (κ2) is 8.13. The van der Waals surface area contributed by atoms with Gasteiger partial charge in [-0.05, 0) is 24.1 Å². The highest BCUT2D eigenvalue weighted by Crippen LogP contribution is 2.36. The van der Waals surface area contributed by atoms with E-state index in [1.807, 2.05) is 0 Å². The van der Waals surface area contributed by atoms with Gasteiger partial charge in [-0.15, -0.1) is 12.3 Å². The van der Waals surface area contributed by atoms with E-state index in [2.05, 4.69) is 5.92 Å². The van der Waals surface area contributed by atoms with E-state index in [-0.39, 0.29) is 16.1 Å². The van der Waals surface area contributed by atoms with E-state index in [9.17, 15) is 23.6 Å². The van der Waals surface area contributed by atoms with Crippen molar-refractivity contribution in [3.8, 4) is 12.3 Å². The maximum atomic E-state index is 13.2. The first-order valence-electron chi connectivity index (χ1n) is 8.00. The summed E-state index contributed by atoms with van der Waals surface area (Å²) in [6.07, 6.45) is 4.50. The Morgan fingerprint density at radius 3 is 2.19 bits per heavy atom. The summed E-state index contributed by atoms with van der Waals surface area (Å²) >= 11 is 0. The second-order valence-corrected chi connectivity index (χ2v) is 7.87. The molecule has 0 aromatic heterocycles. The summed E-state index contributed by atoms with van der Waals surface area (Å²) in [7, 11) is -3.97. The largest absolute Gasteiger partial charge is 0.390 e. The average molecular weight is 373 g/mol. The van der Waals surface area contributed by atoms with Crippen molar-refractivity contribution in [1.29, 1.82) is 0 Å². The van der Waals surface area contributed by atoms with Gasteiger partial charge in [-0.1, -0.05) is 37.3 Å². The van der Waals surface area contributed by atoms with Crippen molar-refractivity contribution in [3.05, 3.63) is 70.3 Å². The molecule has 0 spiro atoms. The van der Waals surface area contributed by atoms with E-state index < -0.39 is 32.0 Å². The standard InChI is InChI=1S/C19H19NO5S/c1-3-14(4-2)18(21)19(15-10-12-16(13-11-15)20(22)23)26(24,25)17-8-6-5-7-9-17/h1,5-14,18-19,21H,4H2,2H3. The highest BCUT2D eigenvalue weighted by molar-refractivity contribution is 7.91. The Labute approximate surface area is 152 Å². The molecule has 136 valence electrons. The third kappa shape index (κ3) is 3.93. The molecule has 0 fully saturated rings. The summed E-state index contributed by atoms with van der Waals surface area (Å²) in [5.74, 6) is 1.76. The van der Waals surface area contributed by atoms with Gasteiger partial charge in [0.15, 0.2) is 9.84 Å². The summed E-state index contributed by atoms with van der Waals surface area (Å²) in [6.45, 7) is 1.76. The number of rotatable bonds is 7. The zero-order valence-corrected chi connectivity index (χ0v) is 15.0. The van der Waals surface area contributed by atoms with Gasteiger partial charge in [0.25, 0.3) is 5.69 Å². The molecule has 2 aromatic rings. The van der Waals surface area contributed by atoms with Gasteiger partial charge in [-0.3, -0.25) is 10.1 Å². The van der Waals surface area contributed by atoms with Gasteiger partial charge in [0.2, 0.25) is 0 Å². The molecule has 3 unspecified atom stereocenters. The number of hydrogen-bond acceptors (Lipinski definition) is 5. The predicted octanol–water partition coefficient (Wildman–Crippen LogP) is 3.13. The molecule has 2 rings (SSSR count). The van der Waals surface area contributed by atoms with E-state index in [1.54, 1.807) is 25.1 Å². The lowest BCUT2D eigenvalue weighted by atomic mass is 9.94. The van der Waals surface area contributed by atoms with Crippen LogP contribution in [-0.2, 0) is 9.84 Å². The monoisotopic (exact) mass is 373 g/mol. The number of nitrogens with zero attached hydrogens (tertiary/aromatic N) is 1. The van der Waals surface area contributed by atoms with E-state index in [4.69, 9.17) is 6.42 Å². The summed E-state index contributed by atoms with van der Waals surface area (Å²) in [6, 6.07) is 12.9. The normalized spacial score (nSPS) is 14.8. The molecule has 6 nitrogen and oxygen atoms in total. The van der Waals surface area contributed by atoms with E-state index in [0.29, 0.717) is 6.42 Å². The van der Waals surface area contributed by atoms with Gasteiger partial charge in [-0.2, -0.15) is 0 Å². The number of non-ortho nitro benzene ring substituents is 1. The molecule has 0 aliphatic heterocycles. The first-order valence-corrected chi connectivity index (χ1v) is 9.55. The number of sulfone groups is 1. The Hall–Kier alpha value is -2.69. The first-order chi connectivity index (χ1) is 12.3. The van der Waals surface area contributed by atoms with E-state index >= 15 is 0 Å². The molecule has 26 heavy (non-hydrogen) atoms. The number of benzene rings is 2. The van der Waals surface area contributed by atoms with E-state index in [0.717, 1.165) is 0 Å². The van der Waals surface area contributed by atoms with Crippen LogP contribution in [0.5, 0.6) is 0 Å². The van der Waals surface area contributed by atoms with Crippen LogP contribution < -0.4 is 0 Å². The van der Waals surface area contributed by atoms with E-state index in [1.165, 1.54) is 36.4 Å². The molecule has 0 radical (unpaired) electrons. The van der Waals surface area contributed by atoms with Crippen molar-refractivity contribution in [1.82, 2.24) is 0 Å². The molecule has 0 heterocycles. The summed E-state index contributed by atoms with van der Waals surface area (Å²) < 4.78 is 26.3. The number of aliphatic hydroxyl groups excluding tert-OH is 1. The van der Waals surface area contributed by atoms with Crippen molar-refractivity contribution in [2.75, 3.05) is 0 Å². The molecule has 0 aliphatic rings. The highest BCUT2D eigenvalue weighted by atomic mass is 32.2. The van der Waals surface area contributed by atoms with Crippen molar-refractivity contribution in [2.45, 2.75) is 29.6 Å². The number of nitro groups is 1. The molecule has 1 N–H and O–H groups in total. The van der Waals surface area contributed by atoms with Gasteiger partial charge >= 0.3 is 0 Å². The topological polar surface area (TPSA) is 97.5 Å². The first kappa shape index (κ1) is 19.6. The van der Waals surface area contributed by atoms with Gasteiger partial charge in [0.1, 0.15) is 5.25 Å². The minimum atomic E-state index is -3.97. The Balaban J connectivity index is 2.59. The molecule has 0 aliphatic carbocycles. The van der Waals surface area contributed by atoms with Crippen molar-refractivity contribution < 1.29 is 18.4 Å². The Kier molecular flexibility index (Phi) is 6.14. The number of aliphatic hydroxyl groups is 1. The highest BCUT2D eigenvalue weighted by Gasteiger charge is 2.38. The van der Waals surface area contributed by atoms with Crippen LogP contribution in [-0.4, -0.2) is 24.6 Å². The maximum Gasteiger partial charge on any atom is 0.269 e. The fraction of sp³-hybridized carbons (Fsp3) is 0.263. The SMILES string of the molecule is C#CC(CC)C(O)C(c1ccc([N+](=O)[O-])cc1)S(=O)(=O)c1ccccc1. The molecular formula is C19H19NO5S. The Morgan fingerprint density at radius 1 is 1.15 bits per heavy atom. The maximum absolute atomic E-state index is 13.2. The van der Waals surface area contributed by atoms with Crippen molar-refractivity contribution in [3.63, 3.8) is 0 Å². The number of terminal acetylenes is 1. The van der Waals surface area contributed by atoms with Gasteiger partial charge in [-0.25, -0.2) is 8.42 Å². The fourth-order valence-corrected chi connectivity index (χ4v) is 4.67. The lowest BCUT2D eigenvalue weighted by Gasteiger charge is -2.27. The molecular weight excluding hydrogens is 354 g/mol. The zero-order chi connectivity index (χ0) is 19.3. The Bertz CT molecular complexity index is 901. The summed E-state index contributed by atoms with van der Waals surface area (Å²) in [5, 5.41) is 20.3. The van der Waals surface area contributed by atoms with Crippen molar-refractivity contribution in [2.24, 2.45) is 5.92 Å². The van der Waals surface area contributed by atoms with Crippen LogP contribution in [0.3, 0.4) is 0 Å². The smallest absolute Gasteiger partial charge is 0.269 e. The van der Waals surface area contributed by atoms with Crippen LogP contribution in [0, 0.1) is 28.4 Å². The van der Waals surface area contributed by atoms with Crippen LogP contribution in [0.4, 0.5) is 5.69 Å². The fourth-order valence-electron chi connectivity index (χ4n) is 2.77. The predicted molar refractivity (Wildman–Crippen MR) is 98.1 cm³/mol. The van der Waals surface area contributed by atoms with Crippen LogP contribution in [0.15, 0.2) is 59.5 Å². The lowest BCUT2D eigenvalue weighted by Crippen LogP contribution is -2.32. The summed E-state index contributed by atoms with van der Waals surface area (Å²) in [5.41, 5.74) is 0.0868. The van der Waals surface area contributed by atoms with Crippen molar-refractivity contribution >= 4 is 15.5 Å². The van der Waals surface area contributed by atoms with Gasteiger partial charge < -0.3 is 5.11 Å². The third-order valence-corrected chi connectivity index (χ3v) is 6.36. The average Bonchev–Trinajstić information content (AvgIpc) is 2.64. The molecule has 7 heteroatoms.